The standard InChI is InChI=1S/C18H26N4O/c1-5-20(4)9-6-18(3)7-10-22(18)17(23)15-13-21-11-8-19-16(21)12-14(15)2/h8,11-13H,5-7,9-10H2,1-4H3. The van der Waals surface area contributed by atoms with Crippen LogP contribution in [0.4, 0.5) is 0 Å². The summed E-state index contributed by atoms with van der Waals surface area (Å²) in [6, 6.07) is 1.98. The van der Waals surface area contributed by atoms with Crippen molar-refractivity contribution >= 4 is 11.6 Å². The van der Waals surface area contributed by atoms with E-state index in [1.165, 1.54) is 0 Å². The highest BCUT2D eigenvalue weighted by Crippen LogP contribution is 2.35. The number of rotatable bonds is 5. The van der Waals surface area contributed by atoms with Gasteiger partial charge in [0.2, 0.25) is 0 Å². The largest absolute Gasteiger partial charge is 0.333 e. The Hall–Kier alpha value is -1.88. The molecule has 1 fully saturated rings. The Labute approximate surface area is 137 Å². The van der Waals surface area contributed by atoms with Gasteiger partial charge in [-0.15, -0.1) is 0 Å². The molecule has 2 aromatic rings. The molecule has 5 nitrogen and oxygen atoms in total. The van der Waals surface area contributed by atoms with Crippen molar-refractivity contribution in [2.75, 3.05) is 26.7 Å². The normalized spacial score (nSPS) is 21.0. The van der Waals surface area contributed by atoms with Crippen LogP contribution in [0, 0.1) is 6.92 Å². The molecule has 0 bridgehead atoms. The first-order valence-electron chi connectivity index (χ1n) is 8.38. The van der Waals surface area contributed by atoms with E-state index in [2.05, 4.69) is 30.8 Å². The minimum absolute atomic E-state index is 0.0170. The lowest BCUT2D eigenvalue weighted by Crippen LogP contribution is -2.61. The van der Waals surface area contributed by atoms with Crippen molar-refractivity contribution in [3.8, 4) is 0 Å². The second-order valence-electron chi connectivity index (χ2n) is 6.91. The average molecular weight is 314 g/mol. The van der Waals surface area contributed by atoms with Crippen LogP contribution in [0.1, 0.15) is 42.6 Å². The third kappa shape index (κ3) is 2.85. The van der Waals surface area contributed by atoms with Gasteiger partial charge in [-0.1, -0.05) is 6.92 Å². The number of likely N-dealkylation sites (tertiary alicyclic amines) is 1. The Bertz CT molecular complexity index is 723. The van der Waals surface area contributed by atoms with Gasteiger partial charge >= 0.3 is 0 Å². The van der Waals surface area contributed by atoms with E-state index in [-0.39, 0.29) is 11.4 Å². The van der Waals surface area contributed by atoms with Crippen molar-refractivity contribution in [2.45, 2.75) is 39.2 Å². The van der Waals surface area contributed by atoms with Gasteiger partial charge in [-0.2, -0.15) is 0 Å². The number of carbonyl (C=O) groups excluding carboxylic acids is 1. The molecule has 0 spiro atoms. The van der Waals surface area contributed by atoms with Gasteiger partial charge in [-0.25, -0.2) is 4.98 Å². The minimum atomic E-state index is -0.0170. The van der Waals surface area contributed by atoms with Crippen LogP contribution in [-0.2, 0) is 0 Å². The van der Waals surface area contributed by atoms with Gasteiger partial charge in [0.15, 0.2) is 0 Å². The van der Waals surface area contributed by atoms with Crippen molar-refractivity contribution < 1.29 is 4.79 Å². The molecule has 3 heterocycles. The quantitative estimate of drug-likeness (QED) is 0.852. The number of hydrogen-bond acceptors (Lipinski definition) is 3. The molecule has 0 radical (unpaired) electrons. The summed E-state index contributed by atoms with van der Waals surface area (Å²) in [6.07, 6.45) is 7.67. The maximum Gasteiger partial charge on any atom is 0.256 e. The third-order valence-corrected chi connectivity index (χ3v) is 5.31. The summed E-state index contributed by atoms with van der Waals surface area (Å²) in [4.78, 5) is 21.6. The van der Waals surface area contributed by atoms with Crippen LogP contribution >= 0.6 is 0 Å². The van der Waals surface area contributed by atoms with Crippen LogP contribution in [-0.4, -0.2) is 57.3 Å². The fraction of sp³-hybridized carbons (Fsp3) is 0.556. The van der Waals surface area contributed by atoms with E-state index in [1.54, 1.807) is 6.20 Å². The third-order valence-electron chi connectivity index (χ3n) is 5.31. The number of fused-ring (bicyclic) bond motifs is 1. The Morgan fingerprint density at radius 3 is 2.91 bits per heavy atom. The second kappa shape index (κ2) is 5.96. The van der Waals surface area contributed by atoms with Crippen molar-refractivity contribution in [1.82, 2.24) is 19.2 Å². The number of aryl methyl sites for hydroxylation is 1. The molecular weight excluding hydrogens is 288 g/mol. The predicted molar refractivity (Wildman–Crippen MR) is 91.8 cm³/mol. The first-order chi connectivity index (χ1) is 10.9. The van der Waals surface area contributed by atoms with Gasteiger partial charge in [-0.3, -0.25) is 4.79 Å². The second-order valence-corrected chi connectivity index (χ2v) is 6.91. The molecule has 0 N–H and O–H groups in total. The van der Waals surface area contributed by atoms with Gasteiger partial charge in [0.25, 0.3) is 5.91 Å². The highest BCUT2D eigenvalue weighted by molar-refractivity contribution is 5.96. The van der Waals surface area contributed by atoms with E-state index in [1.807, 2.05) is 34.7 Å². The van der Waals surface area contributed by atoms with E-state index in [0.29, 0.717) is 0 Å². The number of nitrogens with zero attached hydrogens (tertiary/aromatic N) is 4. The fourth-order valence-electron chi connectivity index (χ4n) is 3.23. The first-order valence-corrected chi connectivity index (χ1v) is 8.38. The molecule has 1 aliphatic heterocycles. The molecule has 1 aliphatic rings. The van der Waals surface area contributed by atoms with Crippen LogP contribution in [0.5, 0.6) is 0 Å². The first kappa shape index (κ1) is 16.0. The Kier molecular flexibility index (Phi) is 4.15. The molecule has 1 saturated heterocycles. The van der Waals surface area contributed by atoms with Crippen LogP contribution in [0.2, 0.25) is 0 Å². The van der Waals surface area contributed by atoms with E-state index < -0.39 is 0 Å². The van der Waals surface area contributed by atoms with E-state index in [9.17, 15) is 4.79 Å². The number of hydrogen-bond donors (Lipinski definition) is 0. The highest BCUT2D eigenvalue weighted by atomic mass is 16.2. The zero-order valence-electron chi connectivity index (χ0n) is 14.5. The van der Waals surface area contributed by atoms with Crippen LogP contribution in [0.15, 0.2) is 24.7 Å². The number of pyridine rings is 1. The van der Waals surface area contributed by atoms with Crippen molar-refractivity contribution in [2.24, 2.45) is 0 Å². The number of carbonyl (C=O) groups is 1. The summed E-state index contributed by atoms with van der Waals surface area (Å²) >= 11 is 0. The summed E-state index contributed by atoms with van der Waals surface area (Å²) in [5.74, 6) is 0.144. The molecule has 2 aromatic heterocycles. The molecule has 5 heteroatoms. The molecule has 0 saturated carbocycles. The summed E-state index contributed by atoms with van der Waals surface area (Å²) in [7, 11) is 2.13. The lowest BCUT2D eigenvalue weighted by atomic mass is 9.82. The Balaban J connectivity index is 1.80. The molecule has 1 atom stereocenters. The monoisotopic (exact) mass is 314 g/mol. The molecule has 3 rings (SSSR count). The topological polar surface area (TPSA) is 40.9 Å². The lowest BCUT2D eigenvalue weighted by Gasteiger charge is -2.51. The van der Waals surface area contributed by atoms with Crippen LogP contribution in [0.25, 0.3) is 5.65 Å². The van der Waals surface area contributed by atoms with Crippen molar-refractivity contribution in [3.05, 3.63) is 35.8 Å². The van der Waals surface area contributed by atoms with Crippen LogP contribution < -0.4 is 0 Å². The van der Waals surface area contributed by atoms with E-state index in [4.69, 9.17) is 0 Å². The molecule has 1 unspecified atom stereocenters. The average Bonchev–Trinajstić information content (AvgIpc) is 2.97. The summed E-state index contributed by atoms with van der Waals surface area (Å²) in [5, 5.41) is 0. The summed E-state index contributed by atoms with van der Waals surface area (Å²) in [5.41, 5.74) is 2.64. The molecule has 1 amide bonds. The maximum atomic E-state index is 13.0. The maximum absolute atomic E-state index is 13.0. The molecule has 124 valence electrons. The van der Waals surface area contributed by atoms with E-state index in [0.717, 1.165) is 49.2 Å². The summed E-state index contributed by atoms with van der Waals surface area (Å²) in [6.45, 7) is 9.28. The highest BCUT2D eigenvalue weighted by Gasteiger charge is 2.43. The zero-order chi connectivity index (χ0) is 16.6. The minimum Gasteiger partial charge on any atom is -0.333 e. The smallest absolute Gasteiger partial charge is 0.256 e. The van der Waals surface area contributed by atoms with Gasteiger partial charge in [0, 0.05) is 37.2 Å². The molecule has 0 aromatic carbocycles. The van der Waals surface area contributed by atoms with Crippen LogP contribution in [0.3, 0.4) is 0 Å². The lowest BCUT2D eigenvalue weighted by molar-refractivity contribution is -0.00108. The molecule has 0 aliphatic carbocycles. The van der Waals surface area contributed by atoms with Gasteiger partial charge in [-0.05, 0) is 51.9 Å². The SMILES string of the molecule is CCN(C)CCC1(C)CCN1C(=O)c1cn2ccnc2cc1C. The predicted octanol–water partition coefficient (Wildman–Crippen LogP) is 2.59. The number of aromatic nitrogens is 2. The van der Waals surface area contributed by atoms with Gasteiger partial charge < -0.3 is 14.2 Å². The summed E-state index contributed by atoms with van der Waals surface area (Å²) < 4.78 is 1.92. The Morgan fingerprint density at radius 1 is 1.48 bits per heavy atom. The van der Waals surface area contributed by atoms with E-state index >= 15 is 0 Å². The fourth-order valence-corrected chi connectivity index (χ4v) is 3.23. The van der Waals surface area contributed by atoms with Crippen molar-refractivity contribution in [1.29, 1.82) is 0 Å². The number of amides is 1. The van der Waals surface area contributed by atoms with Crippen molar-refractivity contribution in [3.63, 3.8) is 0 Å². The molecule has 23 heavy (non-hydrogen) atoms. The van der Waals surface area contributed by atoms with Gasteiger partial charge in [0.1, 0.15) is 5.65 Å². The van der Waals surface area contributed by atoms with Gasteiger partial charge in [0.05, 0.1) is 5.56 Å². The number of imidazole rings is 1. The Morgan fingerprint density at radius 2 is 2.26 bits per heavy atom. The zero-order valence-corrected chi connectivity index (χ0v) is 14.5. The molecular formula is C18H26N4O.